The van der Waals surface area contributed by atoms with Crippen LogP contribution in [0.1, 0.15) is 66.2 Å². The van der Waals surface area contributed by atoms with Crippen molar-refractivity contribution in [1.29, 1.82) is 0 Å². The van der Waals surface area contributed by atoms with Crippen LogP contribution in [-0.2, 0) is 12.3 Å². The van der Waals surface area contributed by atoms with Crippen molar-refractivity contribution in [2.75, 3.05) is 6.56 Å². The summed E-state index contributed by atoms with van der Waals surface area (Å²) in [5, 5.41) is 16.0. The molecule has 0 saturated heterocycles. The highest BCUT2D eigenvalue weighted by Crippen LogP contribution is 2.42. The summed E-state index contributed by atoms with van der Waals surface area (Å²) in [7, 11) is 0. The molecular formula is C18H23F2N5O2. The molecule has 0 aromatic carbocycles. The number of nitrogens with one attached hydrogen (secondary N) is 1. The number of hydrogen-bond donors (Lipinski definition) is 2. The molecule has 0 spiro atoms. The summed E-state index contributed by atoms with van der Waals surface area (Å²) in [5.74, 6) is -4.87. The minimum Gasteiger partial charge on any atom is -0.394 e. The smallest absolute Gasteiger partial charge is 0.290 e. The zero-order valence-electron chi connectivity index (χ0n) is 22.3. The third-order valence-corrected chi connectivity index (χ3v) is 4.21. The zero-order chi connectivity index (χ0) is 26.6. The first-order valence-electron chi connectivity index (χ1n) is 12.1. The lowest BCUT2D eigenvalue weighted by Crippen LogP contribution is -2.46. The van der Waals surface area contributed by atoms with Gasteiger partial charge in [0, 0.05) is 32.6 Å². The molecule has 0 bridgehead atoms. The van der Waals surface area contributed by atoms with Gasteiger partial charge in [0.1, 0.15) is 5.69 Å². The maximum Gasteiger partial charge on any atom is 0.290 e. The molecule has 0 aliphatic heterocycles. The molecule has 0 fully saturated rings. The fraction of sp³-hybridized carbons (Fsp3) is 0.556. The van der Waals surface area contributed by atoms with Gasteiger partial charge in [0.05, 0.1) is 21.5 Å². The Balaban J connectivity index is 2.16. The quantitative estimate of drug-likeness (QED) is 0.839. The molecule has 0 unspecified atom stereocenters. The van der Waals surface area contributed by atoms with Crippen LogP contribution in [0.5, 0.6) is 0 Å². The number of aliphatic hydroxyl groups is 1. The van der Waals surface area contributed by atoms with Gasteiger partial charge >= 0.3 is 0 Å². The third kappa shape index (κ3) is 3.69. The first-order chi connectivity index (χ1) is 15.8. The Morgan fingerprint density at radius 3 is 2.96 bits per heavy atom. The predicted octanol–water partition coefficient (Wildman–Crippen LogP) is 2.23. The molecule has 146 valence electrons. The molecular weight excluding hydrogens is 356 g/mol. The molecule has 1 atom stereocenters. The van der Waals surface area contributed by atoms with Crippen molar-refractivity contribution in [2.45, 2.75) is 51.9 Å². The highest BCUT2D eigenvalue weighted by atomic mass is 19.3. The van der Waals surface area contributed by atoms with E-state index in [0.717, 1.165) is 10.9 Å². The second kappa shape index (κ2) is 6.95. The predicted molar refractivity (Wildman–Crippen MR) is 93.8 cm³/mol. The highest BCUT2D eigenvalue weighted by Gasteiger charge is 2.44. The second-order valence-corrected chi connectivity index (χ2v) is 6.45. The number of rotatable bonds is 4. The van der Waals surface area contributed by atoms with Crippen molar-refractivity contribution in [3.63, 3.8) is 0 Å². The fourth-order valence-electron chi connectivity index (χ4n) is 2.92. The van der Waals surface area contributed by atoms with Crippen LogP contribution in [0, 0.1) is 5.41 Å². The molecule has 27 heavy (non-hydrogen) atoms. The summed E-state index contributed by atoms with van der Waals surface area (Å²) >= 11 is 0. The minimum atomic E-state index is -3.52. The van der Waals surface area contributed by atoms with Gasteiger partial charge < -0.3 is 10.4 Å². The van der Waals surface area contributed by atoms with Crippen LogP contribution in [-0.4, -0.2) is 43.4 Å². The Bertz CT molecular complexity index is 1090. The van der Waals surface area contributed by atoms with Crippen LogP contribution in [0.4, 0.5) is 8.78 Å². The van der Waals surface area contributed by atoms with Crippen molar-refractivity contribution in [1.82, 2.24) is 25.1 Å². The first kappa shape index (κ1) is 11.4. The zero-order valence-corrected chi connectivity index (χ0v) is 14.3. The molecule has 1 amide bonds. The van der Waals surface area contributed by atoms with Crippen molar-refractivity contribution >= 4 is 5.91 Å². The molecule has 2 aromatic heterocycles. The molecule has 7 nitrogen and oxygen atoms in total. The van der Waals surface area contributed by atoms with Crippen LogP contribution in [0.25, 0.3) is 5.82 Å². The van der Waals surface area contributed by atoms with Gasteiger partial charge in [-0.05, 0) is 18.3 Å². The van der Waals surface area contributed by atoms with E-state index in [1.54, 1.807) is 0 Å². The average molecular weight is 387 g/mol. The Morgan fingerprint density at radius 2 is 2.33 bits per heavy atom. The van der Waals surface area contributed by atoms with Gasteiger partial charge in [-0.3, -0.25) is 9.78 Å². The van der Waals surface area contributed by atoms with Gasteiger partial charge in [0.15, 0.2) is 11.5 Å². The molecule has 1 aliphatic carbocycles. The van der Waals surface area contributed by atoms with Crippen LogP contribution in [0.2, 0.25) is 0 Å². The van der Waals surface area contributed by atoms with Crippen LogP contribution < -0.4 is 5.32 Å². The molecule has 0 radical (unpaired) electrons. The summed E-state index contributed by atoms with van der Waals surface area (Å²) in [6, 6.07) is -2.50. The number of carbonyl (C=O) groups excluding carboxylic acids is 1. The van der Waals surface area contributed by atoms with E-state index >= 15 is 0 Å². The van der Waals surface area contributed by atoms with E-state index in [9.17, 15) is 18.7 Å². The Hall–Kier alpha value is -2.42. The lowest BCUT2D eigenvalue weighted by molar-refractivity contribution is -0.0283. The van der Waals surface area contributed by atoms with E-state index in [1.165, 1.54) is 12.4 Å². The standard InChI is InChI=1S/C18H23F2N5O2/c1-17(2,3)12(10-26)23-16(27)14-11-5-4-6-18(19,20)15(11)25(24-14)13-9-21-7-8-22-13/h7-9,12,26H,4-6,10H2,1-3H3,(H,23,27)/t12-/m1/s1/i1D3,2D3,10D2. The fourth-order valence-corrected chi connectivity index (χ4v) is 2.92. The van der Waals surface area contributed by atoms with E-state index in [1.807, 2.05) is 5.32 Å². The number of hydrogen-bond acceptors (Lipinski definition) is 5. The third-order valence-electron chi connectivity index (χ3n) is 4.21. The number of aromatic nitrogens is 4. The second-order valence-electron chi connectivity index (χ2n) is 6.45. The molecule has 9 heteroatoms. The highest BCUT2D eigenvalue weighted by molar-refractivity contribution is 5.94. The molecule has 2 N–H and O–H groups in total. The number of amides is 1. The van der Waals surface area contributed by atoms with E-state index in [-0.39, 0.29) is 24.2 Å². The minimum absolute atomic E-state index is 0.0135. The van der Waals surface area contributed by atoms with Crippen molar-refractivity contribution < 1.29 is 29.6 Å². The Kier molecular flexibility index (Phi) is 2.94. The van der Waals surface area contributed by atoms with Crippen LogP contribution >= 0.6 is 0 Å². The summed E-state index contributed by atoms with van der Waals surface area (Å²) in [6.07, 6.45) is 3.08. The van der Waals surface area contributed by atoms with E-state index in [2.05, 4.69) is 15.1 Å². The Morgan fingerprint density at radius 1 is 1.56 bits per heavy atom. The molecule has 3 rings (SSSR count). The van der Waals surface area contributed by atoms with Crippen molar-refractivity contribution in [2.24, 2.45) is 5.41 Å². The van der Waals surface area contributed by atoms with Crippen molar-refractivity contribution in [3.8, 4) is 5.82 Å². The summed E-state index contributed by atoms with van der Waals surface area (Å²) in [6.45, 7) is -9.59. The van der Waals surface area contributed by atoms with Gasteiger partial charge in [-0.15, -0.1) is 0 Å². The van der Waals surface area contributed by atoms with E-state index < -0.39 is 61.4 Å². The monoisotopic (exact) mass is 387 g/mol. The SMILES string of the molecule is [2H]C([2H])(O)[C@@H](NC(=O)c1nn(-c2cnccn2)c2c1CCCC2(F)F)C(C)(C([2H])([2H])[2H])C([2H])([2H])[2H]. The number of alkyl halides is 2. The normalized spacial score (nSPS) is 23.1. The summed E-state index contributed by atoms with van der Waals surface area (Å²) < 4.78 is 92.3. The molecule has 2 heterocycles. The van der Waals surface area contributed by atoms with Gasteiger partial charge in [0.2, 0.25) is 0 Å². The maximum atomic E-state index is 14.9. The average Bonchev–Trinajstić information content (AvgIpc) is 3.11. The number of halogens is 2. The molecule has 1 aliphatic rings. The van der Waals surface area contributed by atoms with Crippen LogP contribution in [0.15, 0.2) is 18.6 Å². The van der Waals surface area contributed by atoms with Gasteiger partial charge in [-0.1, -0.05) is 20.6 Å². The number of carbonyl (C=O) groups is 1. The van der Waals surface area contributed by atoms with E-state index in [4.69, 9.17) is 11.0 Å². The van der Waals surface area contributed by atoms with E-state index in [0.29, 0.717) is 6.92 Å². The topological polar surface area (TPSA) is 92.9 Å². The van der Waals surface area contributed by atoms with Crippen molar-refractivity contribution in [3.05, 3.63) is 35.5 Å². The lowest BCUT2D eigenvalue weighted by Gasteiger charge is -2.29. The Labute approximate surface area is 167 Å². The maximum absolute atomic E-state index is 14.9. The number of nitrogens with zero attached hydrogens (tertiary/aromatic N) is 4. The largest absolute Gasteiger partial charge is 0.394 e. The first-order valence-corrected chi connectivity index (χ1v) is 8.12. The molecule has 0 saturated carbocycles. The van der Waals surface area contributed by atoms with Gasteiger partial charge in [-0.2, -0.15) is 13.9 Å². The molecule has 2 aromatic rings. The lowest BCUT2D eigenvalue weighted by atomic mass is 9.87. The summed E-state index contributed by atoms with van der Waals surface area (Å²) in [4.78, 5) is 20.9. The van der Waals surface area contributed by atoms with Gasteiger partial charge in [-0.25, -0.2) is 9.67 Å². The summed E-state index contributed by atoms with van der Waals surface area (Å²) in [5.41, 5.74) is -4.39. The van der Waals surface area contributed by atoms with Gasteiger partial charge in [0.25, 0.3) is 11.8 Å². The van der Waals surface area contributed by atoms with Crippen LogP contribution in [0.3, 0.4) is 0 Å². The number of fused-ring (bicyclic) bond motifs is 1.